The van der Waals surface area contributed by atoms with Crippen LogP contribution in [0.5, 0.6) is 17.2 Å². The van der Waals surface area contributed by atoms with Gasteiger partial charge in [-0.15, -0.1) is 0 Å². The fraction of sp³-hybridized carbons (Fsp3) is 0.550. The van der Waals surface area contributed by atoms with E-state index in [0.717, 1.165) is 12.1 Å². The summed E-state index contributed by atoms with van der Waals surface area (Å²) >= 11 is 0. The minimum atomic E-state index is -0.674. The van der Waals surface area contributed by atoms with Crippen LogP contribution in [-0.2, 0) is 9.59 Å². The lowest BCUT2D eigenvalue weighted by Gasteiger charge is -2.36. The molecule has 0 spiro atoms. The Bertz CT molecular complexity index is 816. The zero-order chi connectivity index (χ0) is 21.5. The lowest BCUT2D eigenvalue weighted by atomic mass is 10.1. The molecule has 2 aliphatic rings. The van der Waals surface area contributed by atoms with Crippen LogP contribution in [0.3, 0.4) is 0 Å². The van der Waals surface area contributed by atoms with E-state index in [2.05, 4.69) is 0 Å². The molecule has 3 amide bonds. The Morgan fingerprint density at radius 2 is 1.48 bits per heavy atom. The molecule has 0 aliphatic carbocycles. The standard InChI is InChI=1S/C20H27N3O6/c1-20(2,3)23-11-13(10-16(23)26)19(29)22-6-4-21(5-7-22)18(28)12-8-14(24)17(27)15(25)9-12/h8-9,13,24-25,27H,4-7,10-11H2,1-3H3. The van der Waals surface area contributed by atoms with Gasteiger partial charge in [0, 0.05) is 50.2 Å². The van der Waals surface area contributed by atoms with E-state index < -0.39 is 23.2 Å². The van der Waals surface area contributed by atoms with Gasteiger partial charge in [0.05, 0.1) is 5.92 Å². The molecule has 3 rings (SSSR count). The maximum absolute atomic E-state index is 12.8. The SMILES string of the molecule is CC(C)(C)N1CC(C(=O)N2CCN(C(=O)c3cc(O)c(O)c(O)c3)CC2)CC1=O. The molecule has 1 atom stereocenters. The third-order valence-corrected chi connectivity index (χ3v) is 5.48. The van der Waals surface area contributed by atoms with E-state index in [1.54, 1.807) is 9.80 Å². The molecule has 0 bridgehead atoms. The number of hydrogen-bond acceptors (Lipinski definition) is 6. The highest BCUT2D eigenvalue weighted by Gasteiger charge is 2.41. The molecule has 3 N–H and O–H groups in total. The van der Waals surface area contributed by atoms with Gasteiger partial charge in [-0.05, 0) is 32.9 Å². The molecular formula is C20H27N3O6. The van der Waals surface area contributed by atoms with Gasteiger partial charge < -0.3 is 30.0 Å². The Hall–Kier alpha value is -2.97. The zero-order valence-electron chi connectivity index (χ0n) is 16.9. The highest BCUT2D eigenvalue weighted by molar-refractivity contribution is 5.96. The van der Waals surface area contributed by atoms with Gasteiger partial charge in [0.15, 0.2) is 17.2 Å². The first kappa shape index (κ1) is 20.8. The molecular weight excluding hydrogens is 378 g/mol. The van der Waals surface area contributed by atoms with Gasteiger partial charge in [0.1, 0.15) is 0 Å². The van der Waals surface area contributed by atoms with Crippen LogP contribution in [0.15, 0.2) is 12.1 Å². The molecule has 9 nitrogen and oxygen atoms in total. The normalized spacial score (nSPS) is 20.3. The van der Waals surface area contributed by atoms with Crippen molar-refractivity contribution in [2.45, 2.75) is 32.7 Å². The second kappa shape index (κ2) is 7.46. The van der Waals surface area contributed by atoms with Crippen molar-refractivity contribution in [2.75, 3.05) is 32.7 Å². The predicted molar refractivity (Wildman–Crippen MR) is 103 cm³/mol. The maximum atomic E-state index is 12.8. The second-order valence-corrected chi connectivity index (χ2v) is 8.56. The number of nitrogens with zero attached hydrogens (tertiary/aromatic N) is 3. The number of carbonyl (C=O) groups excluding carboxylic acids is 3. The molecule has 2 heterocycles. The van der Waals surface area contributed by atoms with E-state index in [4.69, 9.17) is 0 Å². The largest absolute Gasteiger partial charge is 0.504 e. The van der Waals surface area contributed by atoms with E-state index in [0.29, 0.717) is 32.7 Å². The Balaban J connectivity index is 1.60. The summed E-state index contributed by atoms with van der Waals surface area (Å²) in [5.41, 5.74) is -0.266. The number of benzene rings is 1. The Morgan fingerprint density at radius 3 is 1.97 bits per heavy atom. The van der Waals surface area contributed by atoms with Gasteiger partial charge in [0.2, 0.25) is 11.8 Å². The maximum Gasteiger partial charge on any atom is 0.254 e. The van der Waals surface area contributed by atoms with Crippen molar-refractivity contribution in [3.8, 4) is 17.2 Å². The van der Waals surface area contributed by atoms with Crippen LogP contribution in [-0.4, -0.2) is 86.0 Å². The minimum Gasteiger partial charge on any atom is -0.504 e. The van der Waals surface area contributed by atoms with Gasteiger partial charge in [0.25, 0.3) is 5.91 Å². The number of amides is 3. The zero-order valence-corrected chi connectivity index (χ0v) is 16.9. The Labute approximate surface area is 169 Å². The van der Waals surface area contributed by atoms with Crippen LogP contribution in [0.1, 0.15) is 37.6 Å². The molecule has 2 saturated heterocycles. The summed E-state index contributed by atoms with van der Waals surface area (Å²) in [7, 11) is 0. The highest BCUT2D eigenvalue weighted by atomic mass is 16.3. The highest BCUT2D eigenvalue weighted by Crippen LogP contribution is 2.35. The van der Waals surface area contributed by atoms with E-state index >= 15 is 0 Å². The number of phenolic OH excluding ortho intramolecular Hbond substituents is 3. The van der Waals surface area contributed by atoms with Crippen LogP contribution in [0.4, 0.5) is 0 Å². The van der Waals surface area contributed by atoms with Gasteiger partial charge in [-0.3, -0.25) is 14.4 Å². The summed E-state index contributed by atoms with van der Waals surface area (Å²) in [4.78, 5) is 42.6. The number of aromatic hydroxyl groups is 3. The summed E-state index contributed by atoms with van der Waals surface area (Å²) in [6.45, 7) is 7.55. The Morgan fingerprint density at radius 1 is 0.966 bits per heavy atom. The summed E-state index contributed by atoms with van der Waals surface area (Å²) in [5, 5.41) is 28.6. The number of carbonyl (C=O) groups is 3. The molecule has 1 aromatic carbocycles. The van der Waals surface area contributed by atoms with Crippen molar-refractivity contribution >= 4 is 17.7 Å². The summed E-state index contributed by atoms with van der Waals surface area (Å²) < 4.78 is 0. The van der Waals surface area contributed by atoms with Crippen LogP contribution < -0.4 is 0 Å². The first-order valence-corrected chi connectivity index (χ1v) is 9.62. The van der Waals surface area contributed by atoms with Crippen molar-refractivity contribution in [2.24, 2.45) is 5.92 Å². The fourth-order valence-electron chi connectivity index (χ4n) is 3.82. The van der Waals surface area contributed by atoms with Crippen LogP contribution in [0.25, 0.3) is 0 Å². The first-order chi connectivity index (χ1) is 13.5. The van der Waals surface area contributed by atoms with Crippen molar-refractivity contribution in [3.63, 3.8) is 0 Å². The van der Waals surface area contributed by atoms with Crippen molar-refractivity contribution in [3.05, 3.63) is 17.7 Å². The van der Waals surface area contributed by atoms with Crippen molar-refractivity contribution < 1.29 is 29.7 Å². The number of rotatable bonds is 2. The van der Waals surface area contributed by atoms with E-state index in [9.17, 15) is 29.7 Å². The van der Waals surface area contributed by atoms with Gasteiger partial charge in [-0.25, -0.2) is 0 Å². The summed E-state index contributed by atoms with van der Waals surface area (Å²) in [6, 6.07) is 2.19. The van der Waals surface area contributed by atoms with Gasteiger partial charge in [-0.2, -0.15) is 0 Å². The summed E-state index contributed by atoms with van der Waals surface area (Å²) in [5.74, 6) is -2.68. The Kier molecular flexibility index (Phi) is 5.34. The molecule has 0 aromatic heterocycles. The molecule has 9 heteroatoms. The van der Waals surface area contributed by atoms with E-state index in [1.165, 1.54) is 4.90 Å². The fourth-order valence-corrected chi connectivity index (χ4v) is 3.82. The van der Waals surface area contributed by atoms with E-state index in [1.807, 2.05) is 20.8 Å². The van der Waals surface area contributed by atoms with Crippen LogP contribution >= 0.6 is 0 Å². The molecule has 1 aromatic rings. The summed E-state index contributed by atoms with van der Waals surface area (Å²) in [6.07, 6.45) is 0.210. The molecule has 158 valence electrons. The number of phenols is 3. The quantitative estimate of drug-likeness (QED) is 0.624. The number of likely N-dealkylation sites (tertiary alicyclic amines) is 1. The number of hydrogen-bond donors (Lipinski definition) is 3. The van der Waals surface area contributed by atoms with Crippen molar-refractivity contribution in [1.82, 2.24) is 14.7 Å². The third kappa shape index (κ3) is 4.08. The smallest absolute Gasteiger partial charge is 0.254 e. The first-order valence-electron chi connectivity index (χ1n) is 9.62. The predicted octanol–water partition coefficient (Wildman–Crippen LogP) is 0.735. The van der Waals surface area contributed by atoms with Gasteiger partial charge >= 0.3 is 0 Å². The third-order valence-electron chi connectivity index (χ3n) is 5.48. The van der Waals surface area contributed by atoms with E-state index in [-0.39, 0.29) is 35.3 Å². The molecule has 29 heavy (non-hydrogen) atoms. The lowest BCUT2D eigenvalue weighted by molar-refractivity contribution is -0.137. The topological polar surface area (TPSA) is 122 Å². The average Bonchev–Trinajstić information content (AvgIpc) is 3.07. The number of piperazine rings is 1. The molecule has 2 fully saturated rings. The molecule has 1 unspecified atom stereocenters. The lowest BCUT2D eigenvalue weighted by Crippen LogP contribution is -2.52. The molecule has 0 radical (unpaired) electrons. The van der Waals surface area contributed by atoms with Crippen molar-refractivity contribution in [1.29, 1.82) is 0 Å². The monoisotopic (exact) mass is 405 g/mol. The second-order valence-electron chi connectivity index (χ2n) is 8.56. The van der Waals surface area contributed by atoms with Crippen LogP contribution in [0.2, 0.25) is 0 Å². The minimum absolute atomic E-state index is 0.0170. The van der Waals surface area contributed by atoms with Crippen LogP contribution in [0, 0.1) is 5.92 Å². The average molecular weight is 405 g/mol. The molecule has 0 saturated carbocycles. The van der Waals surface area contributed by atoms with Gasteiger partial charge in [-0.1, -0.05) is 0 Å². The molecule has 2 aliphatic heterocycles.